The molecule has 0 radical (unpaired) electrons. The fourth-order valence-corrected chi connectivity index (χ4v) is 2.19. The summed E-state index contributed by atoms with van der Waals surface area (Å²) >= 11 is 3.38. The van der Waals surface area contributed by atoms with Crippen molar-refractivity contribution in [3.05, 3.63) is 59.2 Å². The van der Waals surface area contributed by atoms with E-state index in [9.17, 15) is 4.79 Å². The Labute approximate surface area is 123 Å². The maximum absolute atomic E-state index is 12.1. The standard InChI is InChI=1S/C14H9BrN4O/c15-10-6-9-2-1-3-11(13(9)18-7-10)19-14(20)12-8-16-4-5-17-12/h1-8H,(H,19,20). The highest BCUT2D eigenvalue weighted by Gasteiger charge is 2.10. The van der Waals surface area contributed by atoms with Crippen molar-refractivity contribution in [2.75, 3.05) is 5.32 Å². The van der Waals surface area contributed by atoms with Gasteiger partial charge in [-0.3, -0.25) is 14.8 Å². The summed E-state index contributed by atoms with van der Waals surface area (Å²) in [6, 6.07) is 7.55. The van der Waals surface area contributed by atoms with Gasteiger partial charge in [-0.05, 0) is 28.1 Å². The smallest absolute Gasteiger partial charge is 0.275 e. The number of amides is 1. The van der Waals surface area contributed by atoms with Crippen LogP contribution in [0.3, 0.4) is 0 Å². The van der Waals surface area contributed by atoms with Gasteiger partial charge in [0.05, 0.1) is 17.4 Å². The number of fused-ring (bicyclic) bond motifs is 1. The monoisotopic (exact) mass is 328 g/mol. The lowest BCUT2D eigenvalue weighted by Crippen LogP contribution is -2.14. The highest BCUT2D eigenvalue weighted by atomic mass is 79.9. The topological polar surface area (TPSA) is 67.8 Å². The van der Waals surface area contributed by atoms with Crippen LogP contribution in [0.4, 0.5) is 5.69 Å². The van der Waals surface area contributed by atoms with Crippen LogP contribution < -0.4 is 5.32 Å². The summed E-state index contributed by atoms with van der Waals surface area (Å²) in [6.07, 6.45) is 6.12. The van der Waals surface area contributed by atoms with Crippen molar-refractivity contribution in [3.63, 3.8) is 0 Å². The highest BCUT2D eigenvalue weighted by Crippen LogP contribution is 2.24. The number of hydrogen-bond acceptors (Lipinski definition) is 4. The number of benzene rings is 1. The Hall–Kier alpha value is -2.34. The lowest BCUT2D eigenvalue weighted by atomic mass is 10.2. The quantitative estimate of drug-likeness (QED) is 0.785. The molecule has 0 atom stereocenters. The summed E-state index contributed by atoms with van der Waals surface area (Å²) in [5.74, 6) is -0.310. The number of nitrogens with zero attached hydrogens (tertiary/aromatic N) is 3. The Morgan fingerprint density at radius 1 is 1.15 bits per heavy atom. The number of carbonyl (C=O) groups is 1. The van der Waals surface area contributed by atoms with Crippen LogP contribution in [0.2, 0.25) is 0 Å². The minimum Gasteiger partial charge on any atom is -0.319 e. The van der Waals surface area contributed by atoms with Crippen molar-refractivity contribution in [1.82, 2.24) is 15.0 Å². The molecule has 2 heterocycles. The van der Waals surface area contributed by atoms with Gasteiger partial charge in [0, 0.05) is 28.4 Å². The van der Waals surface area contributed by atoms with Crippen molar-refractivity contribution in [3.8, 4) is 0 Å². The first kappa shape index (κ1) is 12.7. The van der Waals surface area contributed by atoms with E-state index in [1.54, 1.807) is 12.3 Å². The molecule has 0 aliphatic heterocycles. The zero-order valence-corrected chi connectivity index (χ0v) is 11.8. The largest absolute Gasteiger partial charge is 0.319 e. The molecule has 0 fully saturated rings. The van der Waals surface area contributed by atoms with Crippen LogP contribution in [0.15, 0.2) is 53.5 Å². The number of anilines is 1. The molecule has 0 saturated carbocycles. The number of para-hydroxylation sites is 1. The summed E-state index contributed by atoms with van der Waals surface area (Å²) in [5, 5.41) is 3.74. The first-order chi connectivity index (χ1) is 9.74. The van der Waals surface area contributed by atoms with E-state index in [0.717, 1.165) is 15.4 Å². The molecule has 6 heteroatoms. The lowest BCUT2D eigenvalue weighted by Gasteiger charge is -2.07. The van der Waals surface area contributed by atoms with Crippen LogP contribution >= 0.6 is 15.9 Å². The van der Waals surface area contributed by atoms with E-state index in [0.29, 0.717) is 5.69 Å². The van der Waals surface area contributed by atoms with E-state index in [1.807, 2.05) is 18.2 Å². The Bertz CT molecular complexity index is 776. The van der Waals surface area contributed by atoms with Crippen LogP contribution in [-0.4, -0.2) is 20.9 Å². The van der Waals surface area contributed by atoms with Gasteiger partial charge in [-0.2, -0.15) is 0 Å². The van der Waals surface area contributed by atoms with E-state index in [1.165, 1.54) is 18.6 Å². The predicted molar refractivity (Wildman–Crippen MR) is 79.4 cm³/mol. The second kappa shape index (κ2) is 5.34. The molecule has 0 spiro atoms. The number of pyridine rings is 1. The third kappa shape index (κ3) is 2.50. The Morgan fingerprint density at radius 3 is 2.85 bits per heavy atom. The molecule has 5 nitrogen and oxygen atoms in total. The van der Waals surface area contributed by atoms with Crippen LogP contribution in [0.1, 0.15) is 10.5 Å². The summed E-state index contributed by atoms with van der Waals surface area (Å²) in [5.41, 5.74) is 1.64. The minimum absolute atomic E-state index is 0.265. The number of halogens is 1. The molecule has 0 saturated heterocycles. The van der Waals surface area contributed by atoms with E-state index < -0.39 is 0 Å². The van der Waals surface area contributed by atoms with Gasteiger partial charge < -0.3 is 5.32 Å². The van der Waals surface area contributed by atoms with Crippen LogP contribution in [0.25, 0.3) is 10.9 Å². The normalized spacial score (nSPS) is 10.4. The van der Waals surface area contributed by atoms with E-state index >= 15 is 0 Å². The van der Waals surface area contributed by atoms with Crippen molar-refractivity contribution in [1.29, 1.82) is 0 Å². The Balaban J connectivity index is 1.97. The number of nitrogens with one attached hydrogen (secondary N) is 1. The molecule has 0 unspecified atom stereocenters. The fourth-order valence-electron chi connectivity index (χ4n) is 1.84. The minimum atomic E-state index is -0.310. The van der Waals surface area contributed by atoms with Gasteiger partial charge in [0.25, 0.3) is 5.91 Å². The average Bonchev–Trinajstić information content (AvgIpc) is 2.48. The maximum Gasteiger partial charge on any atom is 0.275 e. The summed E-state index contributed by atoms with van der Waals surface area (Å²) in [4.78, 5) is 24.2. The molecule has 20 heavy (non-hydrogen) atoms. The molecule has 98 valence electrons. The zero-order chi connectivity index (χ0) is 13.9. The third-order valence-corrected chi connectivity index (χ3v) is 3.16. The number of aromatic nitrogens is 3. The van der Waals surface area contributed by atoms with Gasteiger partial charge in [-0.25, -0.2) is 4.98 Å². The molecule has 2 aromatic heterocycles. The van der Waals surface area contributed by atoms with E-state index in [2.05, 4.69) is 36.2 Å². The summed E-state index contributed by atoms with van der Waals surface area (Å²) in [6.45, 7) is 0. The fraction of sp³-hybridized carbons (Fsp3) is 0. The zero-order valence-electron chi connectivity index (χ0n) is 10.2. The van der Waals surface area contributed by atoms with Crippen molar-refractivity contribution >= 4 is 38.4 Å². The average molecular weight is 329 g/mol. The molecule has 0 aliphatic rings. The van der Waals surface area contributed by atoms with Crippen molar-refractivity contribution in [2.24, 2.45) is 0 Å². The van der Waals surface area contributed by atoms with E-state index in [4.69, 9.17) is 0 Å². The summed E-state index contributed by atoms with van der Waals surface area (Å²) in [7, 11) is 0. The molecule has 0 aliphatic carbocycles. The van der Waals surface area contributed by atoms with Gasteiger partial charge in [-0.1, -0.05) is 12.1 Å². The lowest BCUT2D eigenvalue weighted by molar-refractivity contribution is 0.102. The summed E-state index contributed by atoms with van der Waals surface area (Å²) < 4.78 is 0.891. The Kier molecular flexibility index (Phi) is 3.39. The van der Waals surface area contributed by atoms with Crippen LogP contribution in [0, 0.1) is 0 Å². The van der Waals surface area contributed by atoms with Gasteiger partial charge in [0.2, 0.25) is 0 Å². The third-order valence-electron chi connectivity index (χ3n) is 2.72. The maximum atomic E-state index is 12.1. The second-order valence-electron chi connectivity index (χ2n) is 4.08. The van der Waals surface area contributed by atoms with Crippen molar-refractivity contribution < 1.29 is 4.79 Å². The highest BCUT2D eigenvalue weighted by molar-refractivity contribution is 9.10. The Morgan fingerprint density at radius 2 is 2.05 bits per heavy atom. The second-order valence-corrected chi connectivity index (χ2v) is 4.99. The van der Waals surface area contributed by atoms with Crippen LogP contribution in [0.5, 0.6) is 0 Å². The number of rotatable bonds is 2. The molecule has 1 N–H and O–H groups in total. The molecule has 0 bridgehead atoms. The van der Waals surface area contributed by atoms with Gasteiger partial charge >= 0.3 is 0 Å². The van der Waals surface area contributed by atoms with Gasteiger partial charge in [0.1, 0.15) is 5.69 Å². The predicted octanol–water partition coefficient (Wildman–Crippen LogP) is 3.04. The molecular weight excluding hydrogens is 320 g/mol. The first-order valence-corrected chi connectivity index (χ1v) is 6.65. The van der Waals surface area contributed by atoms with Crippen LogP contribution in [-0.2, 0) is 0 Å². The van der Waals surface area contributed by atoms with Crippen molar-refractivity contribution in [2.45, 2.75) is 0 Å². The molecule has 1 aromatic carbocycles. The van der Waals surface area contributed by atoms with Gasteiger partial charge in [-0.15, -0.1) is 0 Å². The molecule has 1 amide bonds. The van der Waals surface area contributed by atoms with E-state index in [-0.39, 0.29) is 11.6 Å². The molecule has 3 aromatic rings. The number of carbonyl (C=O) groups excluding carboxylic acids is 1. The first-order valence-electron chi connectivity index (χ1n) is 5.86. The molecule has 3 rings (SSSR count). The molecular formula is C14H9BrN4O. The van der Waals surface area contributed by atoms with Gasteiger partial charge in [0.15, 0.2) is 0 Å². The SMILES string of the molecule is O=C(Nc1cccc2cc(Br)cnc12)c1cnccn1. The number of hydrogen-bond donors (Lipinski definition) is 1.